The summed E-state index contributed by atoms with van der Waals surface area (Å²) in [6.07, 6.45) is 3.37. The Morgan fingerprint density at radius 1 is 1.19 bits per heavy atom. The summed E-state index contributed by atoms with van der Waals surface area (Å²) in [6.45, 7) is 3.16. The summed E-state index contributed by atoms with van der Waals surface area (Å²) < 4.78 is 31.0. The first-order valence-electron chi connectivity index (χ1n) is 9.09. The maximum atomic E-state index is 12.6. The lowest BCUT2D eigenvalue weighted by Crippen LogP contribution is -2.57. The number of furan rings is 1. The number of hydrogen-bond donors (Lipinski definition) is 2. The largest absolute Gasteiger partial charge is 0.451 e. The number of sulfonamides is 1. The van der Waals surface area contributed by atoms with E-state index in [0.29, 0.717) is 22.9 Å². The number of carbonyl (C=O) groups excluding carboxylic acids is 1. The number of carbonyl (C=O) groups is 1. The van der Waals surface area contributed by atoms with E-state index in [2.05, 4.69) is 14.9 Å². The molecule has 2 bridgehead atoms. The van der Waals surface area contributed by atoms with Crippen molar-refractivity contribution in [1.82, 2.24) is 10.2 Å². The standard InChI is InChI=1S/C19H23N3O4S/c1-27(24,25)21-15-4-2-3-14(11-15)17-5-6-18(26-17)19(23)20-16-12-22-9-7-13(16)8-10-22/h2-6,11,13,16,21H,7-10,12H2,1H3,(H,20,23)/t16-/m0/s1. The van der Waals surface area contributed by atoms with E-state index in [1.165, 1.54) is 0 Å². The number of nitrogens with one attached hydrogen (secondary N) is 2. The molecule has 144 valence electrons. The predicted molar refractivity (Wildman–Crippen MR) is 103 cm³/mol. The molecule has 1 atom stereocenters. The van der Waals surface area contributed by atoms with E-state index >= 15 is 0 Å². The van der Waals surface area contributed by atoms with Gasteiger partial charge < -0.3 is 14.6 Å². The van der Waals surface area contributed by atoms with Crippen LogP contribution in [-0.4, -0.2) is 51.2 Å². The van der Waals surface area contributed by atoms with Gasteiger partial charge in [0, 0.05) is 23.8 Å². The van der Waals surface area contributed by atoms with Crippen LogP contribution in [0.1, 0.15) is 23.4 Å². The molecule has 8 heteroatoms. The molecule has 2 N–H and O–H groups in total. The fourth-order valence-electron chi connectivity index (χ4n) is 3.93. The van der Waals surface area contributed by atoms with Gasteiger partial charge in [-0.2, -0.15) is 0 Å². The fraction of sp³-hybridized carbons (Fsp3) is 0.421. The van der Waals surface area contributed by atoms with Crippen LogP contribution in [0, 0.1) is 5.92 Å². The number of hydrogen-bond acceptors (Lipinski definition) is 5. The topological polar surface area (TPSA) is 91.6 Å². The Bertz CT molecular complexity index is 945. The van der Waals surface area contributed by atoms with Crippen LogP contribution >= 0.6 is 0 Å². The van der Waals surface area contributed by atoms with Gasteiger partial charge >= 0.3 is 0 Å². The molecule has 0 unspecified atom stereocenters. The average molecular weight is 389 g/mol. The minimum absolute atomic E-state index is 0.177. The first-order chi connectivity index (χ1) is 12.9. The molecule has 3 aliphatic heterocycles. The van der Waals surface area contributed by atoms with E-state index in [4.69, 9.17) is 4.42 Å². The Morgan fingerprint density at radius 2 is 1.96 bits per heavy atom. The minimum Gasteiger partial charge on any atom is -0.451 e. The van der Waals surface area contributed by atoms with E-state index in [1.54, 1.807) is 36.4 Å². The highest BCUT2D eigenvalue weighted by Crippen LogP contribution is 2.28. The average Bonchev–Trinajstić information content (AvgIpc) is 3.12. The highest BCUT2D eigenvalue weighted by Gasteiger charge is 2.35. The van der Waals surface area contributed by atoms with Crippen LogP contribution in [0.25, 0.3) is 11.3 Å². The summed E-state index contributed by atoms with van der Waals surface area (Å²) in [7, 11) is -3.35. The molecule has 0 saturated carbocycles. The molecule has 3 saturated heterocycles. The number of rotatable bonds is 5. The van der Waals surface area contributed by atoms with Gasteiger partial charge in [0.25, 0.3) is 5.91 Å². The van der Waals surface area contributed by atoms with E-state index in [9.17, 15) is 13.2 Å². The molecule has 5 rings (SSSR count). The third-order valence-corrected chi connectivity index (χ3v) is 5.86. The van der Waals surface area contributed by atoms with Crippen molar-refractivity contribution in [3.8, 4) is 11.3 Å². The van der Waals surface area contributed by atoms with Crippen molar-refractivity contribution in [2.75, 3.05) is 30.6 Å². The molecule has 1 aromatic heterocycles. The molecule has 3 aliphatic rings. The van der Waals surface area contributed by atoms with Gasteiger partial charge in [0.1, 0.15) is 5.76 Å². The van der Waals surface area contributed by atoms with Gasteiger partial charge in [-0.3, -0.25) is 9.52 Å². The molecule has 0 spiro atoms. The third kappa shape index (κ3) is 4.17. The van der Waals surface area contributed by atoms with Crippen LogP contribution in [0.3, 0.4) is 0 Å². The zero-order chi connectivity index (χ0) is 19.0. The molecule has 4 heterocycles. The Hall–Kier alpha value is -2.32. The zero-order valence-electron chi connectivity index (χ0n) is 15.1. The second kappa shape index (κ2) is 7.01. The molecule has 3 fully saturated rings. The van der Waals surface area contributed by atoms with E-state index in [0.717, 1.165) is 38.7 Å². The smallest absolute Gasteiger partial charge is 0.287 e. The van der Waals surface area contributed by atoms with Crippen LogP contribution in [0.5, 0.6) is 0 Å². The van der Waals surface area contributed by atoms with Crippen LogP contribution in [-0.2, 0) is 10.0 Å². The van der Waals surface area contributed by atoms with Crippen molar-refractivity contribution < 1.29 is 17.6 Å². The molecule has 1 aromatic carbocycles. The van der Waals surface area contributed by atoms with Gasteiger partial charge in [0.15, 0.2) is 5.76 Å². The second-order valence-corrected chi connectivity index (χ2v) is 9.09. The van der Waals surface area contributed by atoms with Gasteiger partial charge in [-0.05, 0) is 56.1 Å². The zero-order valence-corrected chi connectivity index (χ0v) is 16.0. The Morgan fingerprint density at radius 3 is 2.63 bits per heavy atom. The monoisotopic (exact) mass is 389 g/mol. The predicted octanol–water partition coefficient (Wildman–Crippen LogP) is 2.14. The first kappa shape index (κ1) is 18.1. The maximum absolute atomic E-state index is 12.6. The van der Waals surface area contributed by atoms with Crippen molar-refractivity contribution in [2.45, 2.75) is 18.9 Å². The molecule has 0 aliphatic carbocycles. The molecular formula is C19H23N3O4S. The van der Waals surface area contributed by atoms with Crippen LogP contribution in [0.2, 0.25) is 0 Å². The number of anilines is 1. The highest BCUT2D eigenvalue weighted by molar-refractivity contribution is 7.92. The minimum atomic E-state index is -3.35. The quantitative estimate of drug-likeness (QED) is 0.818. The highest BCUT2D eigenvalue weighted by atomic mass is 32.2. The number of benzene rings is 1. The molecule has 27 heavy (non-hydrogen) atoms. The Labute approximate surface area is 158 Å². The Balaban J connectivity index is 1.47. The van der Waals surface area contributed by atoms with Gasteiger partial charge in [0.05, 0.1) is 6.26 Å². The maximum Gasteiger partial charge on any atom is 0.287 e. The van der Waals surface area contributed by atoms with Crippen LogP contribution in [0.15, 0.2) is 40.8 Å². The molecular weight excluding hydrogens is 366 g/mol. The van der Waals surface area contributed by atoms with Crippen molar-refractivity contribution in [2.24, 2.45) is 5.92 Å². The molecule has 7 nitrogen and oxygen atoms in total. The van der Waals surface area contributed by atoms with Crippen molar-refractivity contribution in [1.29, 1.82) is 0 Å². The van der Waals surface area contributed by atoms with E-state index in [-0.39, 0.29) is 17.7 Å². The lowest BCUT2D eigenvalue weighted by molar-refractivity contribution is 0.0606. The van der Waals surface area contributed by atoms with Gasteiger partial charge in [-0.1, -0.05) is 12.1 Å². The summed E-state index contributed by atoms with van der Waals surface area (Å²) in [4.78, 5) is 15.0. The molecule has 0 radical (unpaired) electrons. The van der Waals surface area contributed by atoms with Crippen molar-refractivity contribution >= 4 is 21.6 Å². The number of amides is 1. The number of fused-ring (bicyclic) bond motifs is 3. The summed E-state index contributed by atoms with van der Waals surface area (Å²) >= 11 is 0. The lowest BCUT2D eigenvalue weighted by atomic mass is 9.84. The van der Waals surface area contributed by atoms with E-state index in [1.807, 2.05) is 0 Å². The van der Waals surface area contributed by atoms with Crippen LogP contribution in [0.4, 0.5) is 5.69 Å². The molecule has 2 aromatic rings. The van der Waals surface area contributed by atoms with Gasteiger partial charge in [-0.15, -0.1) is 0 Å². The fourth-order valence-corrected chi connectivity index (χ4v) is 4.49. The molecule has 1 amide bonds. The second-order valence-electron chi connectivity index (χ2n) is 7.34. The van der Waals surface area contributed by atoms with Gasteiger partial charge in [-0.25, -0.2) is 8.42 Å². The summed E-state index contributed by atoms with van der Waals surface area (Å²) in [5.41, 5.74) is 1.15. The first-order valence-corrected chi connectivity index (χ1v) is 11.0. The van der Waals surface area contributed by atoms with Crippen molar-refractivity contribution in [3.63, 3.8) is 0 Å². The SMILES string of the molecule is CS(=O)(=O)Nc1cccc(-c2ccc(C(=O)N[C@H]3CN4CCC3CC4)o2)c1. The Kier molecular flexibility index (Phi) is 4.69. The van der Waals surface area contributed by atoms with E-state index < -0.39 is 10.0 Å². The van der Waals surface area contributed by atoms with Gasteiger partial charge in [0.2, 0.25) is 10.0 Å². The lowest BCUT2D eigenvalue weighted by Gasteiger charge is -2.44. The number of piperidine rings is 3. The summed E-state index contributed by atoms with van der Waals surface area (Å²) in [6, 6.07) is 10.4. The normalized spacial score (nSPS) is 24.6. The summed E-state index contributed by atoms with van der Waals surface area (Å²) in [5.74, 6) is 1.13. The summed E-state index contributed by atoms with van der Waals surface area (Å²) in [5, 5.41) is 3.11. The third-order valence-electron chi connectivity index (χ3n) is 5.25. The van der Waals surface area contributed by atoms with Crippen LogP contribution < -0.4 is 10.0 Å². The number of nitrogens with zero attached hydrogens (tertiary/aromatic N) is 1. The van der Waals surface area contributed by atoms with Crippen molar-refractivity contribution in [3.05, 3.63) is 42.2 Å².